The summed E-state index contributed by atoms with van der Waals surface area (Å²) in [5.41, 5.74) is 11.7. The molecule has 0 N–H and O–H groups in total. The van der Waals surface area contributed by atoms with Crippen LogP contribution in [0.3, 0.4) is 0 Å². The van der Waals surface area contributed by atoms with Gasteiger partial charge in [0.15, 0.2) is 0 Å². The standard InChI is InChI=1S/C43H29N5/c1-3-13-30(14-4-1)42-43(46-38-20-10-9-19-37(38)45-42)31-22-24-33(25-23-31)48(32-15-5-2-6-16-32)40-27-26-35(34-17-7-8-18-36(34)40)39-29-47-28-12-11-21-41(47)44-39/h1-29H. The first-order valence-corrected chi connectivity index (χ1v) is 16.0. The lowest BCUT2D eigenvalue weighted by molar-refractivity contribution is 1.19. The molecule has 0 radical (unpaired) electrons. The monoisotopic (exact) mass is 615 g/mol. The molecule has 0 aliphatic heterocycles. The van der Waals surface area contributed by atoms with Crippen molar-refractivity contribution in [1.82, 2.24) is 19.4 Å². The minimum Gasteiger partial charge on any atom is -0.310 e. The van der Waals surface area contributed by atoms with Gasteiger partial charge in [-0.2, -0.15) is 0 Å². The number of imidazole rings is 1. The maximum Gasteiger partial charge on any atom is 0.137 e. The molecule has 0 bridgehead atoms. The second kappa shape index (κ2) is 11.6. The summed E-state index contributed by atoms with van der Waals surface area (Å²) in [5, 5.41) is 2.29. The third-order valence-electron chi connectivity index (χ3n) is 8.81. The van der Waals surface area contributed by atoms with Crippen molar-refractivity contribution in [1.29, 1.82) is 0 Å². The van der Waals surface area contributed by atoms with E-state index in [0.717, 1.165) is 78.3 Å². The normalized spacial score (nSPS) is 11.3. The highest BCUT2D eigenvalue weighted by molar-refractivity contribution is 6.06. The molecule has 0 unspecified atom stereocenters. The van der Waals surface area contributed by atoms with Gasteiger partial charge < -0.3 is 9.30 Å². The molecule has 0 atom stereocenters. The summed E-state index contributed by atoms with van der Waals surface area (Å²) in [6.45, 7) is 0. The van der Waals surface area contributed by atoms with Crippen LogP contribution >= 0.6 is 0 Å². The van der Waals surface area contributed by atoms with Crippen molar-refractivity contribution in [2.75, 3.05) is 4.90 Å². The average Bonchev–Trinajstić information content (AvgIpc) is 3.60. The Balaban J connectivity index is 1.19. The maximum atomic E-state index is 5.12. The largest absolute Gasteiger partial charge is 0.310 e. The van der Waals surface area contributed by atoms with Crippen LogP contribution in [0.4, 0.5) is 17.1 Å². The Labute approximate surface area is 278 Å². The molecule has 3 heterocycles. The van der Waals surface area contributed by atoms with Crippen molar-refractivity contribution in [3.05, 3.63) is 176 Å². The summed E-state index contributed by atoms with van der Waals surface area (Å²) in [6, 6.07) is 56.6. The fraction of sp³-hybridized carbons (Fsp3) is 0. The zero-order valence-electron chi connectivity index (χ0n) is 26.0. The lowest BCUT2D eigenvalue weighted by Crippen LogP contribution is -2.10. The number of rotatable bonds is 6. The van der Waals surface area contributed by atoms with Gasteiger partial charge in [-0.25, -0.2) is 15.0 Å². The summed E-state index contributed by atoms with van der Waals surface area (Å²) in [7, 11) is 0. The van der Waals surface area contributed by atoms with Gasteiger partial charge in [-0.05, 0) is 60.0 Å². The Hall–Kier alpha value is -6.59. The fourth-order valence-electron chi connectivity index (χ4n) is 6.54. The van der Waals surface area contributed by atoms with Crippen molar-refractivity contribution in [3.8, 4) is 33.8 Å². The van der Waals surface area contributed by atoms with Gasteiger partial charge in [0.25, 0.3) is 0 Å². The lowest BCUT2D eigenvalue weighted by Gasteiger charge is -2.27. The molecule has 5 heteroatoms. The van der Waals surface area contributed by atoms with Crippen LogP contribution < -0.4 is 4.90 Å². The van der Waals surface area contributed by atoms with E-state index in [1.807, 2.05) is 66.9 Å². The van der Waals surface area contributed by atoms with Crippen LogP contribution in [0.15, 0.2) is 176 Å². The molecule has 6 aromatic carbocycles. The summed E-state index contributed by atoms with van der Waals surface area (Å²) >= 11 is 0. The van der Waals surface area contributed by atoms with Crippen LogP contribution in [0.2, 0.25) is 0 Å². The van der Waals surface area contributed by atoms with E-state index in [-0.39, 0.29) is 0 Å². The van der Waals surface area contributed by atoms with Crippen molar-refractivity contribution in [3.63, 3.8) is 0 Å². The topological polar surface area (TPSA) is 46.3 Å². The van der Waals surface area contributed by atoms with E-state index in [4.69, 9.17) is 15.0 Å². The minimum atomic E-state index is 0.861. The SMILES string of the molecule is c1ccc(-c2nc3ccccc3nc2-c2ccc(N(c3ccccc3)c3ccc(-c4cn5ccccc5n4)c4ccccc34)cc2)cc1. The molecule has 0 saturated heterocycles. The number of benzene rings is 6. The molecule has 0 aliphatic carbocycles. The van der Waals surface area contributed by atoms with Crippen LogP contribution in [0.25, 0.3) is 61.2 Å². The molecule has 9 aromatic rings. The molecular weight excluding hydrogens is 587 g/mol. The number of hydrogen-bond donors (Lipinski definition) is 0. The highest BCUT2D eigenvalue weighted by Gasteiger charge is 2.19. The van der Waals surface area contributed by atoms with Gasteiger partial charge in [0.1, 0.15) is 5.65 Å². The van der Waals surface area contributed by atoms with Crippen LogP contribution in [-0.4, -0.2) is 19.4 Å². The van der Waals surface area contributed by atoms with Gasteiger partial charge in [-0.15, -0.1) is 0 Å². The Morgan fingerprint density at radius 2 is 1.02 bits per heavy atom. The number of pyridine rings is 1. The Morgan fingerprint density at radius 1 is 0.438 bits per heavy atom. The van der Waals surface area contributed by atoms with Crippen LogP contribution in [0.5, 0.6) is 0 Å². The molecular formula is C43H29N5. The molecule has 0 amide bonds. The lowest BCUT2D eigenvalue weighted by atomic mass is 9.99. The van der Waals surface area contributed by atoms with Crippen molar-refractivity contribution in [2.24, 2.45) is 0 Å². The molecule has 0 fully saturated rings. The van der Waals surface area contributed by atoms with Crippen LogP contribution in [0, 0.1) is 0 Å². The van der Waals surface area contributed by atoms with Crippen molar-refractivity contribution < 1.29 is 0 Å². The van der Waals surface area contributed by atoms with Gasteiger partial charge in [0, 0.05) is 45.8 Å². The highest BCUT2D eigenvalue weighted by Crippen LogP contribution is 2.42. The Kier molecular flexibility index (Phi) is 6.72. The zero-order valence-corrected chi connectivity index (χ0v) is 26.0. The maximum absolute atomic E-state index is 5.12. The van der Waals surface area contributed by atoms with Crippen molar-refractivity contribution in [2.45, 2.75) is 0 Å². The summed E-state index contributed by atoms with van der Waals surface area (Å²) in [5.74, 6) is 0. The van der Waals surface area contributed by atoms with E-state index in [2.05, 4.69) is 119 Å². The van der Waals surface area contributed by atoms with E-state index in [1.54, 1.807) is 0 Å². The second-order valence-corrected chi connectivity index (χ2v) is 11.8. The van der Waals surface area contributed by atoms with Crippen LogP contribution in [-0.2, 0) is 0 Å². The first-order valence-electron chi connectivity index (χ1n) is 16.0. The predicted octanol–water partition coefficient (Wildman–Crippen LogP) is 10.9. The van der Waals surface area contributed by atoms with E-state index < -0.39 is 0 Å². The third kappa shape index (κ3) is 4.86. The first-order chi connectivity index (χ1) is 23.8. The minimum absolute atomic E-state index is 0.861. The molecule has 9 rings (SSSR count). The number of nitrogens with zero attached hydrogens (tertiary/aromatic N) is 5. The van der Waals surface area contributed by atoms with Gasteiger partial charge in [0.2, 0.25) is 0 Å². The molecule has 0 spiro atoms. The molecule has 0 saturated carbocycles. The van der Waals surface area contributed by atoms with E-state index in [9.17, 15) is 0 Å². The number of fused-ring (bicyclic) bond motifs is 3. The summed E-state index contributed by atoms with van der Waals surface area (Å²) < 4.78 is 2.07. The van der Waals surface area contributed by atoms with Crippen LogP contribution in [0.1, 0.15) is 0 Å². The first kappa shape index (κ1) is 27.7. The molecule has 0 aliphatic rings. The smallest absolute Gasteiger partial charge is 0.137 e. The number of aromatic nitrogens is 4. The number of para-hydroxylation sites is 3. The fourth-order valence-corrected chi connectivity index (χ4v) is 6.54. The summed E-state index contributed by atoms with van der Waals surface area (Å²) in [6.07, 6.45) is 4.14. The zero-order chi connectivity index (χ0) is 31.9. The quantitative estimate of drug-likeness (QED) is 0.187. The third-order valence-corrected chi connectivity index (χ3v) is 8.81. The molecule has 3 aromatic heterocycles. The molecule has 226 valence electrons. The van der Waals surface area contributed by atoms with Gasteiger partial charge >= 0.3 is 0 Å². The number of hydrogen-bond acceptors (Lipinski definition) is 4. The average molecular weight is 616 g/mol. The van der Waals surface area contributed by atoms with Gasteiger partial charge in [-0.3, -0.25) is 0 Å². The Morgan fingerprint density at radius 3 is 1.73 bits per heavy atom. The second-order valence-electron chi connectivity index (χ2n) is 11.8. The van der Waals surface area contributed by atoms with Gasteiger partial charge in [-0.1, -0.05) is 109 Å². The van der Waals surface area contributed by atoms with E-state index >= 15 is 0 Å². The van der Waals surface area contributed by atoms with E-state index in [0.29, 0.717) is 0 Å². The van der Waals surface area contributed by atoms with Crippen molar-refractivity contribution >= 4 is 44.5 Å². The van der Waals surface area contributed by atoms with Gasteiger partial charge in [0.05, 0.1) is 33.8 Å². The molecule has 48 heavy (non-hydrogen) atoms. The Bertz CT molecular complexity index is 2520. The highest BCUT2D eigenvalue weighted by atomic mass is 15.1. The van der Waals surface area contributed by atoms with E-state index in [1.165, 1.54) is 0 Å². The number of anilines is 3. The predicted molar refractivity (Wildman–Crippen MR) is 197 cm³/mol. The molecule has 5 nitrogen and oxygen atoms in total. The summed E-state index contributed by atoms with van der Waals surface area (Å²) in [4.78, 5) is 17.5.